The van der Waals surface area contributed by atoms with Gasteiger partial charge in [-0.25, -0.2) is 13.8 Å². The van der Waals surface area contributed by atoms with Gasteiger partial charge in [-0.05, 0) is 17.7 Å². The molecule has 0 spiro atoms. The highest BCUT2D eigenvalue weighted by Gasteiger charge is 2.07. The Bertz CT molecular complexity index is 680. The largest absolute Gasteiger partial charge is 0.459 e. The van der Waals surface area contributed by atoms with Crippen LogP contribution in [0.15, 0.2) is 35.5 Å². The normalized spacial score (nSPS) is 10.3. The quantitative estimate of drug-likeness (QED) is 0.521. The Labute approximate surface area is 119 Å². The van der Waals surface area contributed by atoms with Gasteiger partial charge in [-0.15, -0.1) is 0 Å². The van der Waals surface area contributed by atoms with Crippen LogP contribution in [0.4, 0.5) is 14.6 Å². The molecule has 2 rings (SSSR count). The van der Waals surface area contributed by atoms with E-state index < -0.39 is 5.82 Å². The second-order valence-corrected chi connectivity index (χ2v) is 3.80. The average molecular weight is 288 g/mol. The second-order valence-electron chi connectivity index (χ2n) is 3.80. The fraction of sp³-hybridized carbons (Fsp3) is 0.0714. The molecule has 21 heavy (non-hydrogen) atoms. The van der Waals surface area contributed by atoms with Crippen molar-refractivity contribution in [1.82, 2.24) is 9.97 Å². The van der Waals surface area contributed by atoms with Gasteiger partial charge in [0, 0.05) is 6.04 Å². The number of nitrogens with one attached hydrogen (secondary N) is 1. The summed E-state index contributed by atoms with van der Waals surface area (Å²) in [5.41, 5.74) is 0.729. The third-order valence-electron chi connectivity index (χ3n) is 2.34. The first-order valence-corrected chi connectivity index (χ1v) is 5.82. The molecule has 0 amide bonds. The minimum absolute atomic E-state index is 0.0302. The van der Waals surface area contributed by atoms with Crippen molar-refractivity contribution in [1.29, 1.82) is 0 Å². The van der Waals surface area contributed by atoms with Crippen molar-refractivity contribution < 1.29 is 13.5 Å². The van der Waals surface area contributed by atoms with Gasteiger partial charge in [0.15, 0.2) is 11.6 Å². The Hall–Kier alpha value is -3.01. The molecule has 0 aliphatic rings. The van der Waals surface area contributed by atoms with Gasteiger partial charge in [-0.2, -0.15) is 9.98 Å². The molecule has 0 fully saturated rings. The van der Waals surface area contributed by atoms with E-state index >= 15 is 0 Å². The molecule has 0 unspecified atom stereocenters. The summed E-state index contributed by atoms with van der Waals surface area (Å²) in [6.45, 7) is 0.129. The molecule has 0 bridgehead atoms. The Morgan fingerprint density at radius 1 is 1.33 bits per heavy atom. The van der Waals surface area contributed by atoms with E-state index in [1.807, 2.05) is 6.04 Å². The number of hydrogen-bond donors (Lipinski definition) is 1. The van der Waals surface area contributed by atoms with E-state index in [1.165, 1.54) is 12.1 Å². The maximum Gasteiger partial charge on any atom is 0.318 e. The number of hydrogen-bond acceptors (Lipinski definition) is 4. The number of terminal acetylenes is 1. The summed E-state index contributed by atoms with van der Waals surface area (Å²) in [6, 6.07) is 7.73. The number of nitrogens with zero attached hydrogens (tertiary/aromatic N) is 3. The molecule has 2 aromatic rings. The monoisotopic (exact) mass is 288 g/mol. The Morgan fingerprint density at radius 3 is 2.81 bits per heavy atom. The molecule has 0 saturated heterocycles. The zero-order valence-corrected chi connectivity index (χ0v) is 10.8. The first-order valence-electron chi connectivity index (χ1n) is 5.82. The Kier molecular flexibility index (Phi) is 4.77. The maximum absolute atomic E-state index is 13.4. The van der Waals surface area contributed by atoms with Gasteiger partial charge in [0.25, 0.3) is 0 Å². The minimum atomic E-state index is -0.674. The summed E-state index contributed by atoms with van der Waals surface area (Å²) in [7, 11) is 0. The summed E-state index contributed by atoms with van der Waals surface area (Å²) in [4.78, 5) is 10.9. The molecule has 5 nitrogen and oxygen atoms in total. The molecule has 0 aliphatic carbocycles. The maximum atomic E-state index is 13.4. The first kappa shape index (κ1) is 14.4. The van der Waals surface area contributed by atoms with E-state index in [-0.39, 0.29) is 24.3 Å². The molecule has 7 heteroatoms. The molecule has 1 aromatic heterocycles. The molecule has 0 aliphatic heterocycles. The SMILES string of the molecule is C#CN=CNc1nc(OCc2ccc(F)cc2)ncc1F. The average Bonchev–Trinajstić information content (AvgIpc) is 2.49. The summed E-state index contributed by atoms with van der Waals surface area (Å²) < 4.78 is 31.5. The van der Waals surface area contributed by atoms with Crippen molar-refractivity contribution in [3.63, 3.8) is 0 Å². The van der Waals surface area contributed by atoms with Crippen LogP contribution in [0.2, 0.25) is 0 Å². The number of aliphatic imine (C=N–C) groups is 1. The van der Waals surface area contributed by atoms with Crippen molar-refractivity contribution in [2.24, 2.45) is 4.99 Å². The zero-order valence-electron chi connectivity index (χ0n) is 10.8. The fourth-order valence-corrected chi connectivity index (χ4v) is 1.38. The van der Waals surface area contributed by atoms with Gasteiger partial charge in [0.2, 0.25) is 0 Å². The van der Waals surface area contributed by atoms with Gasteiger partial charge in [0.1, 0.15) is 18.8 Å². The van der Waals surface area contributed by atoms with Crippen LogP contribution < -0.4 is 10.1 Å². The van der Waals surface area contributed by atoms with E-state index in [0.29, 0.717) is 0 Å². The first-order chi connectivity index (χ1) is 10.2. The summed E-state index contributed by atoms with van der Waals surface area (Å²) in [5.74, 6) is -1.12. The van der Waals surface area contributed by atoms with Gasteiger partial charge < -0.3 is 10.1 Å². The molecule has 1 N–H and O–H groups in total. The topological polar surface area (TPSA) is 59.4 Å². The van der Waals surface area contributed by atoms with Crippen LogP contribution in [0.3, 0.4) is 0 Å². The number of rotatable bonds is 5. The smallest absolute Gasteiger partial charge is 0.318 e. The number of benzene rings is 1. The third-order valence-corrected chi connectivity index (χ3v) is 2.34. The fourth-order valence-electron chi connectivity index (χ4n) is 1.38. The lowest BCUT2D eigenvalue weighted by Crippen LogP contribution is -2.05. The van der Waals surface area contributed by atoms with Crippen LogP contribution >= 0.6 is 0 Å². The third kappa shape index (κ3) is 4.24. The van der Waals surface area contributed by atoms with Crippen molar-refractivity contribution >= 4 is 12.2 Å². The lowest BCUT2D eigenvalue weighted by atomic mass is 10.2. The zero-order chi connectivity index (χ0) is 15.1. The highest BCUT2D eigenvalue weighted by molar-refractivity contribution is 5.74. The van der Waals surface area contributed by atoms with E-state index in [0.717, 1.165) is 18.1 Å². The van der Waals surface area contributed by atoms with Crippen LogP contribution in [-0.2, 0) is 6.61 Å². The molecule has 1 aromatic carbocycles. The van der Waals surface area contributed by atoms with Crippen molar-refractivity contribution in [2.75, 3.05) is 5.32 Å². The van der Waals surface area contributed by atoms with Gasteiger partial charge >= 0.3 is 6.01 Å². The highest BCUT2D eigenvalue weighted by atomic mass is 19.1. The number of anilines is 1. The molecular formula is C14H10F2N4O. The van der Waals surface area contributed by atoms with E-state index in [1.54, 1.807) is 12.1 Å². The van der Waals surface area contributed by atoms with Crippen molar-refractivity contribution in [3.05, 3.63) is 47.7 Å². The summed E-state index contributed by atoms with van der Waals surface area (Å²) >= 11 is 0. The standard InChI is InChI=1S/C14H10F2N4O/c1-2-17-9-19-13-12(16)7-18-14(20-13)21-8-10-3-5-11(15)6-4-10/h1,3-7,9H,8H2,(H,17,18,19,20). The lowest BCUT2D eigenvalue weighted by molar-refractivity contribution is 0.280. The predicted molar refractivity (Wildman–Crippen MR) is 73.7 cm³/mol. The van der Waals surface area contributed by atoms with Gasteiger partial charge in [-0.1, -0.05) is 18.6 Å². The van der Waals surface area contributed by atoms with E-state index in [4.69, 9.17) is 11.2 Å². The molecule has 0 radical (unpaired) electrons. The highest BCUT2D eigenvalue weighted by Crippen LogP contribution is 2.14. The van der Waals surface area contributed by atoms with E-state index in [9.17, 15) is 8.78 Å². The molecule has 0 saturated carbocycles. The van der Waals surface area contributed by atoms with Crippen molar-refractivity contribution in [2.45, 2.75) is 6.61 Å². The van der Waals surface area contributed by atoms with Gasteiger partial charge in [-0.3, -0.25) is 0 Å². The van der Waals surface area contributed by atoms with Gasteiger partial charge in [0.05, 0.1) is 6.20 Å². The predicted octanol–water partition coefficient (Wildman–Crippen LogP) is 2.36. The molecule has 1 heterocycles. The van der Waals surface area contributed by atoms with Crippen LogP contribution in [0.5, 0.6) is 6.01 Å². The van der Waals surface area contributed by atoms with E-state index in [2.05, 4.69) is 20.3 Å². The molecule has 106 valence electrons. The summed E-state index contributed by atoms with van der Waals surface area (Å²) in [5, 5.41) is 2.47. The Balaban J connectivity index is 2.03. The second kappa shape index (κ2) is 6.96. The van der Waals surface area contributed by atoms with Crippen molar-refractivity contribution in [3.8, 4) is 18.5 Å². The minimum Gasteiger partial charge on any atom is -0.459 e. The molecular weight excluding hydrogens is 278 g/mol. The molecule has 0 atom stereocenters. The number of halogens is 2. The van der Waals surface area contributed by atoms with Crippen LogP contribution in [0, 0.1) is 24.1 Å². The number of aromatic nitrogens is 2. The van der Waals surface area contributed by atoms with Crippen LogP contribution in [-0.4, -0.2) is 16.3 Å². The lowest BCUT2D eigenvalue weighted by Gasteiger charge is -2.06. The Morgan fingerprint density at radius 2 is 2.10 bits per heavy atom. The number of ether oxygens (including phenoxy) is 1. The summed E-state index contributed by atoms with van der Waals surface area (Å²) in [6.07, 6.45) is 7.00. The van der Waals surface area contributed by atoms with Crippen LogP contribution in [0.25, 0.3) is 0 Å². The van der Waals surface area contributed by atoms with Crippen LogP contribution in [0.1, 0.15) is 5.56 Å².